The second kappa shape index (κ2) is 6.41. The third-order valence-corrected chi connectivity index (χ3v) is 4.83. The van der Waals surface area contributed by atoms with E-state index in [0.717, 1.165) is 45.7 Å². The van der Waals surface area contributed by atoms with E-state index in [0.29, 0.717) is 6.04 Å². The summed E-state index contributed by atoms with van der Waals surface area (Å²) in [5.41, 5.74) is -0.103. The maximum Gasteiger partial charge on any atom is 0.237 e. The highest BCUT2D eigenvalue weighted by atomic mass is 16.2. The first-order valence-corrected chi connectivity index (χ1v) is 7.94. The van der Waals surface area contributed by atoms with Gasteiger partial charge in [0, 0.05) is 50.8 Å². The number of likely N-dealkylation sites (tertiary alicyclic amines) is 1. The summed E-state index contributed by atoms with van der Waals surface area (Å²) in [6.07, 6.45) is 0.953. The second-order valence-corrected chi connectivity index (χ2v) is 6.80. The van der Waals surface area contributed by atoms with Crippen LogP contribution in [0.2, 0.25) is 0 Å². The van der Waals surface area contributed by atoms with Gasteiger partial charge in [-0.2, -0.15) is 0 Å². The fourth-order valence-corrected chi connectivity index (χ4v) is 2.77. The van der Waals surface area contributed by atoms with E-state index in [9.17, 15) is 4.79 Å². The lowest BCUT2D eigenvalue weighted by molar-refractivity contribution is -0.130. The Hall–Kier alpha value is -0.650. The standard InChI is InChI=1S/C15H30N4O/c1-5-15(3,4)17-14(20)12(2)19-10-13(11-19)18-8-6-16-7-9-18/h12-13,16H,5-11H2,1-4H3,(H,17,20). The van der Waals surface area contributed by atoms with Gasteiger partial charge in [0.25, 0.3) is 0 Å². The number of carbonyl (C=O) groups is 1. The van der Waals surface area contributed by atoms with Crippen molar-refractivity contribution in [3.8, 4) is 0 Å². The largest absolute Gasteiger partial charge is 0.350 e. The predicted octanol–water partition coefficient (Wildman–Crippen LogP) is 0.269. The van der Waals surface area contributed by atoms with Crippen LogP contribution in [0.15, 0.2) is 0 Å². The zero-order valence-electron chi connectivity index (χ0n) is 13.4. The van der Waals surface area contributed by atoms with E-state index in [1.54, 1.807) is 0 Å². The minimum absolute atomic E-state index is 0.0139. The highest BCUT2D eigenvalue weighted by Gasteiger charge is 2.37. The Kier molecular flexibility index (Phi) is 5.04. The lowest BCUT2D eigenvalue weighted by atomic mass is 9.99. The number of hydrogen-bond donors (Lipinski definition) is 2. The summed E-state index contributed by atoms with van der Waals surface area (Å²) >= 11 is 0. The number of amides is 1. The SMILES string of the molecule is CCC(C)(C)NC(=O)C(C)N1CC(N2CCNCC2)C1. The van der Waals surface area contributed by atoms with Crippen LogP contribution in [0.4, 0.5) is 0 Å². The molecule has 0 aromatic carbocycles. The zero-order valence-corrected chi connectivity index (χ0v) is 13.4. The van der Waals surface area contributed by atoms with E-state index in [1.807, 2.05) is 6.92 Å². The molecule has 2 N–H and O–H groups in total. The zero-order chi connectivity index (χ0) is 14.8. The predicted molar refractivity (Wildman–Crippen MR) is 81.8 cm³/mol. The molecule has 0 spiro atoms. The van der Waals surface area contributed by atoms with Gasteiger partial charge in [-0.15, -0.1) is 0 Å². The number of carbonyl (C=O) groups excluding carboxylic acids is 1. The number of hydrogen-bond acceptors (Lipinski definition) is 4. The molecule has 2 aliphatic heterocycles. The molecule has 2 fully saturated rings. The van der Waals surface area contributed by atoms with Gasteiger partial charge in [-0.1, -0.05) is 6.92 Å². The molecule has 1 amide bonds. The summed E-state index contributed by atoms with van der Waals surface area (Å²) < 4.78 is 0. The minimum atomic E-state index is -0.103. The van der Waals surface area contributed by atoms with Gasteiger partial charge in [0.2, 0.25) is 5.91 Å². The Morgan fingerprint density at radius 1 is 1.35 bits per heavy atom. The molecule has 1 atom stereocenters. The highest BCUT2D eigenvalue weighted by molar-refractivity contribution is 5.82. The molecule has 2 rings (SSSR count). The van der Waals surface area contributed by atoms with Crippen molar-refractivity contribution in [2.45, 2.75) is 51.7 Å². The Morgan fingerprint density at radius 3 is 2.50 bits per heavy atom. The van der Waals surface area contributed by atoms with E-state index in [1.165, 1.54) is 0 Å². The molecule has 0 radical (unpaired) electrons. The van der Waals surface area contributed by atoms with Crippen LogP contribution in [0.1, 0.15) is 34.1 Å². The Morgan fingerprint density at radius 2 is 1.95 bits per heavy atom. The quantitative estimate of drug-likeness (QED) is 0.760. The maximum atomic E-state index is 12.3. The summed E-state index contributed by atoms with van der Waals surface area (Å²) in [4.78, 5) is 17.1. The van der Waals surface area contributed by atoms with Crippen molar-refractivity contribution in [2.24, 2.45) is 0 Å². The third-order valence-electron chi connectivity index (χ3n) is 4.83. The average Bonchev–Trinajstić information content (AvgIpc) is 2.37. The van der Waals surface area contributed by atoms with Gasteiger partial charge >= 0.3 is 0 Å². The Bertz CT molecular complexity index is 333. The van der Waals surface area contributed by atoms with E-state index in [2.05, 4.69) is 41.2 Å². The molecule has 0 aromatic rings. The van der Waals surface area contributed by atoms with E-state index < -0.39 is 0 Å². The van der Waals surface area contributed by atoms with Crippen molar-refractivity contribution in [2.75, 3.05) is 39.3 Å². The van der Waals surface area contributed by atoms with Gasteiger partial charge < -0.3 is 10.6 Å². The molecule has 0 aliphatic carbocycles. The van der Waals surface area contributed by atoms with Gasteiger partial charge in [0.05, 0.1) is 6.04 Å². The van der Waals surface area contributed by atoms with Crippen molar-refractivity contribution in [3.05, 3.63) is 0 Å². The Labute approximate surface area is 123 Å². The number of nitrogens with zero attached hydrogens (tertiary/aromatic N) is 2. The molecule has 2 heterocycles. The second-order valence-electron chi connectivity index (χ2n) is 6.80. The van der Waals surface area contributed by atoms with Crippen LogP contribution in [-0.2, 0) is 4.79 Å². The summed E-state index contributed by atoms with van der Waals surface area (Å²) in [6.45, 7) is 14.8. The Balaban J connectivity index is 1.75. The molecule has 5 nitrogen and oxygen atoms in total. The molecule has 5 heteroatoms. The van der Waals surface area contributed by atoms with Gasteiger partial charge in [0.15, 0.2) is 0 Å². The van der Waals surface area contributed by atoms with E-state index in [4.69, 9.17) is 0 Å². The summed E-state index contributed by atoms with van der Waals surface area (Å²) in [5.74, 6) is 0.163. The average molecular weight is 282 g/mol. The van der Waals surface area contributed by atoms with E-state index in [-0.39, 0.29) is 17.5 Å². The van der Waals surface area contributed by atoms with Crippen LogP contribution in [0.25, 0.3) is 0 Å². The monoisotopic (exact) mass is 282 g/mol. The van der Waals surface area contributed by atoms with Crippen molar-refractivity contribution in [3.63, 3.8) is 0 Å². The van der Waals surface area contributed by atoms with Crippen molar-refractivity contribution >= 4 is 5.91 Å². The van der Waals surface area contributed by atoms with Crippen LogP contribution >= 0.6 is 0 Å². The molecule has 116 valence electrons. The number of piperazine rings is 1. The fraction of sp³-hybridized carbons (Fsp3) is 0.933. The molecule has 1 unspecified atom stereocenters. The summed E-state index contributed by atoms with van der Waals surface area (Å²) in [7, 11) is 0. The normalized spacial score (nSPS) is 24.2. The highest BCUT2D eigenvalue weighted by Crippen LogP contribution is 2.19. The molecular formula is C15H30N4O. The number of rotatable bonds is 5. The fourth-order valence-electron chi connectivity index (χ4n) is 2.77. The van der Waals surface area contributed by atoms with Crippen LogP contribution in [0, 0.1) is 0 Å². The maximum absolute atomic E-state index is 12.3. The van der Waals surface area contributed by atoms with Crippen molar-refractivity contribution in [1.29, 1.82) is 0 Å². The van der Waals surface area contributed by atoms with Crippen LogP contribution in [-0.4, -0.2) is 72.6 Å². The lowest BCUT2D eigenvalue weighted by Gasteiger charge is -2.49. The van der Waals surface area contributed by atoms with Gasteiger partial charge in [0.1, 0.15) is 0 Å². The van der Waals surface area contributed by atoms with Crippen LogP contribution in [0.5, 0.6) is 0 Å². The topological polar surface area (TPSA) is 47.6 Å². The molecule has 0 aromatic heterocycles. The minimum Gasteiger partial charge on any atom is -0.350 e. The molecule has 2 saturated heterocycles. The smallest absolute Gasteiger partial charge is 0.237 e. The van der Waals surface area contributed by atoms with Crippen LogP contribution < -0.4 is 10.6 Å². The molecule has 0 saturated carbocycles. The summed E-state index contributed by atoms with van der Waals surface area (Å²) in [5, 5.41) is 6.53. The lowest BCUT2D eigenvalue weighted by Crippen LogP contribution is -2.66. The van der Waals surface area contributed by atoms with Gasteiger partial charge in [-0.25, -0.2) is 0 Å². The molecule has 2 aliphatic rings. The van der Waals surface area contributed by atoms with Gasteiger partial charge in [-0.3, -0.25) is 14.6 Å². The summed E-state index contributed by atoms with van der Waals surface area (Å²) in [6, 6.07) is 0.631. The first-order chi connectivity index (χ1) is 9.43. The van der Waals surface area contributed by atoms with Crippen molar-refractivity contribution in [1.82, 2.24) is 20.4 Å². The first kappa shape index (κ1) is 15.7. The van der Waals surface area contributed by atoms with Gasteiger partial charge in [-0.05, 0) is 27.2 Å². The number of nitrogens with one attached hydrogen (secondary N) is 2. The van der Waals surface area contributed by atoms with Crippen LogP contribution in [0.3, 0.4) is 0 Å². The first-order valence-electron chi connectivity index (χ1n) is 7.94. The van der Waals surface area contributed by atoms with E-state index >= 15 is 0 Å². The molecule has 0 bridgehead atoms. The third kappa shape index (κ3) is 3.71. The van der Waals surface area contributed by atoms with Crippen molar-refractivity contribution < 1.29 is 4.79 Å². The molecule has 20 heavy (non-hydrogen) atoms. The molecular weight excluding hydrogens is 252 g/mol.